The van der Waals surface area contributed by atoms with Gasteiger partial charge in [0.1, 0.15) is 15.5 Å². The molecule has 0 bridgehead atoms. The van der Waals surface area contributed by atoms with Gasteiger partial charge in [-0.3, -0.25) is 9.18 Å². The highest BCUT2D eigenvalue weighted by Gasteiger charge is 2.33. The summed E-state index contributed by atoms with van der Waals surface area (Å²) in [6.45, 7) is 2.00. The number of hydrogen-bond donors (Lipinski definition) is 3. The topological polar surface area (TPSA) is 123 Å². The molecule has 1 aliphatic carbocycles. The lowest BCUT2D eigenvalue weighted by Gasteiger charge is -2.27. The van der Waals surface area contributed by atoms with Crippen molar-refractivity contribution in [2.45, 2.75) is 38.3 Å². The Morgan fingerprint density at radius 2 is 2.18 bits per heavy atom. The van der Waals surface area contributed by atoms with Gasteiger partial charge in [-0.15, -0.1) is 11.3 Å². The summed E-state index contributed by atoms with van der Waals surface area (Å²) < 4.78 is 28.0. The van der Waals surface area contributed by atoms with Crippen LogP contribution in [-0.2, 0) is 12.8 Å². The number of aryl methyl sites for hydroxylation is 2. The van der Waals surface area contributed by atoms with E-state index < -0.39 is 12.5 Å². The second-order valence-corrected chi connectivity index (χ2v) is 9.78. The van der Waals surface area contributed by atoms with E-state index >= 15 is 0 Å². The monoisotopic (exact) mass is 473 g/mol. The second kappa shape index (κ2) is 8.45. The van der Waals surface area contributed by atoms with E-state index in [4.69, 9.17) is 11.5 Å². The summed E-state index contributed by atoms with van der Waals surface area (Å²) >= 11 is 1.24. The fraction of sp³-hybridized carbons (Fsp3) is 0.455. The number of nitrogens with zero attached hydrogens (tertiary/aromatic N) is 4. The Hall–Kier alpha value is -2.92. The summed E-state index contributed by atoms with van der Waals surface area (Å²) in [5.41, 5.74) is 14.1. The molecule has 8 nitrogen and oxygen atoms in total. The van der Waals surface area contributed by atoms with Gasteiger partial charge < -0.3 is 21.7 Å². The molecule has 1 fully saturated rings. The summed E-state index contributed by atoms with van der Waals surface area (Å²) in [6.07, 6.45) is 3.38. The van der Waals surface area contributed by atoms with Crippen LogP contribution in [0.2, 0.25) is 0 Å². The van der Waals surface area contributed by atoms with Crippen molar-refractivity contribution in [3.05, 3.63) is 40.0 Å². The van der Waals surface area contributed by atoms with E-state index in [-0.39, 0.29) is 29.7 Å². The van der Waals surface area contributed by atoms with Crippen LogP contribution in [0.25, 0.3) is 10.2 Å². The maximum atomic E-state index is 14.9. The molecule has 0 aromatic carbocycles. The molecule has 5 rings (SSSR count). The zero-order valence-electron chi connectivity index (χ0n) is 18.1. The van der Waals surface area contributed by atoms with Crippen molar-refractivity contribution in [2.75, 3.05) is 30.4 Å². The predicted octanol–water partition coefficient (Wildman–Crippen LogP) is 2.14. The Labute approximate surface area is 193 Å². The molecule has 5 N–H and O–H groups in total. The lowest BCUT2D eigenvalue weighted by Crippen LogP contribution is -2.39. The number of nitrogens with two attached hydrogens (primary N) is 2. The first-order chi connectivity index (χ1) is 15.8. The van der Waals surface area contributed by atoms with Gasteiger partial charge in [-0.1, -0.05) is 0 Å². The molecule has 4 heterocycles. The Morgan fingerprint density at radius 1 is 1.36 bits per heavy atom. The highest BCUT2D eigenvalue weighted by Crippen LogP contribution is 2.33. The molecular weight excluding hydrogens is 448 g/mol. The number of thiophene rings is 1. The van der Waals surface area contributed by atoms with E-state index in [9.17, 15) is 13.6 Å². The number of fused-ring (bicyclic) bond motifs is 2. The Morgan fingerprint density at radius 3 is 2.94 bits per heavy atom. The Kier molecular flexibility index (Phi) is 5.61. The number of alkyl halides is 1. The third-order valence-corrected chi connectivity index (χ3v) is 7.57. The molecule has 33 heavy (non-hydrogen) atoms. The van der Waals surface area contributed by atoms with Gasteiger partial charge in [0.25, 0.3) is 5.91 Å². The molecule has 3 aromatic rings. The number of amides is 1. The highest BCUT2D eigenvalue weighted by molar-refractivity contribution is 7.21. The fourth-order valence-corrected chi connectivity index (χ4v) is 5.62. The fourth-order valence-electron chi connectivity index (χ4n) is 4.61. The van der Waals surface area contributed by atoms with Crippen molar-refractivity contribution in [1.82, 2.24) is 20.3 Å². The van der Waals surface area contributed by atoms with Gasteiger partial charge in [0.15, 0.2) is 11.6 Å². The van der Waals surface area contributed by atoms with Crippen LogP contribution in [-0.4, -0.2) is 52.7 Å². The van der Waals surface area contributed by atoms with Gasteiger partial charge in [-0.25, -0.2) is 19.3 Å². The highest BCUT2D eigenvalue weighted by atomic mass is 32.1. The molecule has 11 heteroatoms. The maximum Gasteiger partial charge on any atom is 0.263 e. The van der Waals surface area contributed by atoms with Crippen LogP contribution in [0.4, 0.5) is 20.3 Å². The molecule has 0 spiro atoms. The lowest BCUT2D eigenvalue weighted by atomic mass is 9.91. The molecule has 3 aromatic heterocycles. The van der Waals surface area contributed by atoms with Crippen LogP contribution in [0.5, 0.6) is 0 Å². The maximum absolute atomic E-state index is 14.9. The van der Waals surface area contributed by atoms with E-state index in [1.165, 1.54) is 17.4 Å². The minimum absolute atomic E-state index is 0.161. The zero-order valence-corrected chi connectivity index (χ0v) is 19.0. The van der Waals surface area contributed by atoms with E-state index in [2.05, 4.69) is 20.3 Å². The van der Waals surface area contributed by atoms with Gasteiger partial charge in [-0.05, 0) is 37.8 Å². The number of anilines is 2. The average Bonchev–Trinajstić information content (AvgIpc) is 3.32. The van der Waals surface area contributed by atoms with Crippen molar-refractivity contribution in [1.29, 1.82) is 0 Å². The van der Waals surface area contributed by atoms with Crippen molar-refractivity contribution < 1.29 is 13.6 Å². The summed E-state index contributed by atoms with van der Waals surface area (Å²) in [5, 5.41) is 3.69. The number of pyridine rings is 1. The summed E-state index contributed by atoms with van der Waals surface area (Å²) in [5.74, 6) is -0.176. The normalized spacial score (nSPS) is 22.5. The summed E-state index contributed by atoms with van der Waals surface area (Å²) in [7, 11) is 0. The number of aromatic nitrogens is 3. The van der Waals surface area contributed by atoms with Crippen LogP contribution >= 0.6 is 11.3 Å². The zero-order chi connectivity index (χ0) is 23.3. The van der Waals surface area contributed by atoms with E-state index in [0.717, 1.165) is 11.3 Å². The summed E-state index contributed by atoms with van der Waals surface area (Å²) in [6, 6.07) is 0.991. The van der Waals surface area contributed by atoms with Crippen LogP contribution in [0, 0.1) is 18.7 Å². The molecule has 2 aliphatic rings. The molecule has 0 saturated carbocycles. The van der Waals surface area contributed by atoms with E-state index in [1.807, 2.05) is 0 Å². The van der Waals surface area contributed by atoms with Crippen molar-refractivity contribution in [3.63, 3.8) is 0 Å². The molecular formula is C22H25F2N7OS. The standard InChI is InChI=1S/C22H25F2N7OS/c1-10-27-7-14-18(26)19(33-22(14)28-10)21(32)29-13-2-3-17-11(4-13)5-15(24)20(30-17)31-8-12(6-23)16(25)9-31/h5,7,12-13,16H,2-4,6,8-9,25-26H2,1H3,(H,29,32). The molecule has 3 unspecified atom stereocenters. The first-order valence-corrected chi connectivity index (χ1v) is 11.7. The van der Waals surface area contributed by atoms with Crippen LogP contribution in [0.3, 0.4) is 0 Å². The first kappa shape index (κ1) is 21.9. The number of carbonyl (C=O) groups is 1. The molecule has 1 amide bonds. The Bertz CT molecular complexity index is 1230. The molecule has 3 atom stereocenters. The van der Waals surface area contributed by atoms with E-state index in [0.29, 0.717) is 59.0 Å². The van der Waals surface area contributed by atoms with Crippen LogP contribution < -0.4 is 21.7 Å². The summed E-state index contributed by atoms with van der Waals surface area (Å²) in [4.78, 5) is 28.8. The largest absolute Gasteiger partial charge is 0.397 e. The van der Waals surface area contributed by atoms with Crippen LogP contribution in [0.1, 0.15) is 33.2 Å². The molecule has 1 saturated heterocycles. The van der Waals surface area contributed by atoms with Gasteiger partial charge in [-0.2, -0.15) is 0 Å². The first-order valence-electron chi connectivity index (χ1n) is 10.9. The number of halogens is 2. The van der Waals surface area contributed by atoms with Crippen molar-refractivity contribution in [2.24, 2.45) is 11.7 Å². The SMILES string of the molecule is Cc1ncc2c(N)c(C(=O)NC3CCc4nc(N5CC(N)C(CF)C5)c(F)cc4C3)sc2n1. The number of rotatable bonds is 4. The van der Waals surface area contributed by atoms with E-state index in [1.54, 1.807) is 18.0 Å². The lowest BCUT2D eigenvalue weighted by molar-refractivity contribution is 0.0938. The molecule has 1 aliphatic heterocycles. The van der Waals surface area contributed by atoms with Gasteiger partial charge in [0, 0.05) is 43.0 Å². The van der Waals surface area contributed by atoms with Gasteiger partial charge in [0.2, 0.25) is 0 Å². The molecule has 0 radical (unpaired) electrons. The quantitative estimate of drug-likeness (QED) is 0.530. The van der Waals surface area contributed by atoms with Crippen molar-refractivity contribution >= 4 is 39.0 Å². The minimum Gasteiger partial charge on any atom is -0.397 e. The second-order valence-electron chi connectivity index (χ2n) is 8.78. The average molecular weight is 474 g/mol. The number of nitrogen functional groups attached to an aromatic ring is 1. The van der Waals surface area contributed by atoms with Crippen molar-refractivity contribution in [3.8, 4) is 0 Å². The minimum atomic E-state index is -0.526. The third kappa shape index (κ3) is 3.99. The Balaban J connectivity index is 1.31. The number of hydrogen-bond acceptors (Lipinski definition) is 8. The number of carbonyl (C=O) groups excluding carboxylic acids is 1. The van der Waals surface area contributed by atoms with Gasteiger partial charge >= 0.3 is 0 Å². The van der Waals surface area contributed by atoms with Crippen LogP contribution in [0.15, 0.2) is 12.3 Å². The van der Waals surface area contributed by atoms with Gasteiger partial charge in [0.05, 0.1) is 17.7 Å². The number of nitrogens with one attached hydrogen (secondary N) is 1. The third-order valence-electron chi connectivity index (χ3n) is 6.46. The molecule has 174 valence electrons. The predicted molar refractivity (Wildman–Crippen MR) is 124 cm³/mol. The smallest absolute Gasteiger partial charge is 0.263 e.